The van der Waals surface area contributed by atoms with Crippen molar-refractivity contribution in [3.8, 4) is 11.5 Å². The average molecular weight is 543 g/mol. The second kappa shape index (κ2) is 11.2. The lowest BCUT2D eigenvalue weighted by Crippen LogP contribution is -2.33. The lowest BCUT2D eigenvalue weighted by Gasteiger charge is -2.19. The van der Waals surface area contributed by atoms with E-state index in [0.717, 1.165) is 41.5 Å². The van der Waals surface area contributed by atoms with Crippen molar-refractivity contribution < 1.29 is 19.4 Å². The summed E-state index contributed by atoms with van der Waals surface area (Å²) in [6.45, 7) is 6.55. The summed E-state index contributed by atoms with van der Waals surface area (Å²) >= 11 is 1.30. The molecular weight excluding hydrogens is 508 g/mol. The van der Waals surface area contributed by atoms with Gasteiger partial charge in [0.15, 0.2) is 6.04 Å². The first-order chi connectivity index (χ1) is 18.7. The zero-order chi connectivity index (χ0) is 27.6. The molecular formula is C32H34N2O4S. The third-order valence-corrected chi connectivity index (χ3v) is 8.32. The molecule has 0 bridgehead atoms. The number of amides is 1. The molecule has 1 aliphatic carbocycles. The Balaban J connectivity index is 1.45. The second-order valence-electron chi connectivity index (χ2n) is 11.3. The van der Waals surface area contributed by atoms with Crippen molar-refractivity contribution in [2.45, 2.75) is 64.3 Å². The number of ether oxygens (including phenoxy) is 1. The van der Waals surface area contributed by atoms with Gasteiger partial charge in [0, 0.05) is 16.0 Å². The number of carboxylic acid groups (broad SMARTS) is 1. The fourth-order valence-electron chi connectivity index (χ4n) is 5.19. The van der Waals surface area contributed by atoms with E-state index in [1.165, 1.54) is 29.7 Å². The van der Waals surface area contributed by atoms with Gasteiger partial charge in [-0.05, 0) is 70.5 Å². The van der Waals surface area contributed by atoms with Crippen LogP contribution < -0.4 is 10.1 Å². The number of rotatable bonds is 8. The van der Waals surface area contributed by atoms with E-state index in [4.69, 9.17) is 9.72 Å². The lowest BCUT2D eigenvalue weighted by molar-refractivity contribution is -0.139. The second-order valence-corrected chi connectivity index (χ2v) is 12.3. The fourth-order valence-corrected chi connectivity index (χ4v) is 5.96. The van der Waals surface area contributed by atoms with Gasteiger partial charge in [-0.15, -0.1) is 11.3 Å². The standard InChI is InChI=1S/C32H34N2O4S/c1-32(2,3)22-11-14-23(15-12-22)38-24-13-10-21-18-27(30(35)34-29(31(36)37)28-9-6-16-39-28)33-26(25(21)19-24)17-20-7-4-5-8-20/h6,9-16,18-20,29H,4-5,7-8,17H2,1-3H3,(H,34,35)(H,36,37). The van der Waals surface area contributed by atoms with Crippen molar-refractivity contribution in [3.05, 3.63) is 87.9 Å². The molecule has 7 heteroatoms. The van der Waals surface area contributed by atoms with Crippen LogP contribution in [0.1, 0.15) is 79.1 Å². The minimum atomic E-state index is -1.12. The van der Waals surface area contributed by atoms with Crippen LogP contribution in [0, 0.1) is 5.92 Å². The van der Waals surface area contributed by atoms with Gasteiger partial charge in [-0.25, -0.2) is 9.78 Å². The highest BCUT2D eigenvalue weighted by molar-refractivity contribution is 7.10. The highest BCUT2D eigenvalue weighted by Gasteiger charge is 2.25. The third kappa shape index (κ3) is 6.31. The van der Waals surface area contributed by atoms with Gasteiger partial charge in [0.05, 0.1) is 0 Å². The van der Waals surface area contributed by atoms with Crippen molar-refractivity contribution in [2.75, 3.05) is 0 Å². The predicted octanol–water partition coefficient (Wildman–Crippen LogP) is 7.67. The summed E-state index contributed by atoms with van der Waals surface area (Å²) in [5, 5.41) is 16.0. The topological polar surface area (TPSA) is 88.5 Å². The Bertz CT molecular complexity index is 1470. The first-order valence-corrected chi connectivity index (χ1v) is 14.3. The van der Waals surface area contributed by atoms with Crippen LogP contribution >= 0.6 is 11.3 Å². The molecule has 2 heterocycles. The smallest absolute Gasteiger partial charge is 0.331 e. The molecule has 0 radical (unpaired) electrons. The zero-order valence-corrected chi connectivity index (χ0v) is 23.4. The van der Waals surface area contributed by atoms with Crippen molar-refractivity contribution in [1.29, 1.82) is 0 Å². The first-order valence-electron chi connectivity index (χ1n) is 13.5. The first kappa shape index (κ1) is 26.9. The number of benzene rings is 2. The Morgan fingerprint density at radius 1 is 1.05 bits per heavy atom. The van der Waals surface area contributed by atoms with E-state index in [1.54, 1.807) is 23.6 Å². The van der Waals surface area contributed by atoms with Crippen LogP contribution in [-0.2, 0) is 16.6 Å². The maximum absolute atomic E-state index is 13.2. The number of hydrogen-bond donors (Lipinski definition) is 2. The summed E-state index contributed by atoms with van der Waals surface area (Å²) in [6, 6.07) is 18.1. The summed E-state index contributed by atoms with van der Waals surface area (Å²) in [7, 11) is 0. The molecule has 0 saturated heterocycles. The van der Waals surface area contributed by atoms with E-state index in [0.29, 0.717) is 16.5 Å². The van der Waals surface area contributed by atoms with Crippen LogP contribution in [0.5, 0.6) is 11.5 Å². The summed E-state index contributed by atoms with van der Waals surface area (Å²) in [4.78, 5) is 30.5. The van der Waals surface area contributed by atoms with E-state index in [2.05, 4.69) is 38.2 Å². The normalized spacial score (nSPS) is 14.8. The summed E-state index contributed by atoms with van der Waals surface area (Å²) in [6.07, 6.45) is 5.49. The van der Waals surface area contributed by atoms with Crippen LogP contribution in [0.15, 0.2) is 66.0 Å². The lowest BCUT2D eigenvalue weighted by atomic mass is 9.87. The minimum absolute atomic E-state index is 0.0700. The van der Waals surface area contributed by atoms with Crippen molar-refractivity contribution in [3.63, 3.8) is 0 Å². The molecule has 39 heavy (non-hydrogen) atoms. The summed E-state index contributed by atoms with van der Waals surface area (Å²) < 4.78 is 6.21. The summed E-state index contributed by atoms with van der Waals surface area (Å²) in [5.74, 6) is 0.393. The van der Waals surface area contributed by atoms with Crippen LogP contribution in [0.3, 0.4) is 0 Å². The Labute approximate surface area is 233 Å². The monoisotopic (exact) mass is 542 g/mol. The van der Waals surface area contributed by atoms with Crippen LogP contribution in [0.2, 0.25) is 0 Å². The average Bonchev–Trinajstić information content (AvgIpc) is 3.62. The molecule has 2 aromatic heterocycles. The summed E-state index contributed by atoms with van der Waals surface area (Å²) in [5.41, 5.74) is 2.39. The van der Waals surface area contributed by atoms with E-state index < -0.39 is 17.9 Å². The number of carbonyl (C=O) groups is 2. The Hall–Kier alpha value is -3.71. The van der Waals surface area contributed by atoms with Crippen molar-refractivity contribution in [1.82, 2.24) is 10.3 Å². The highest BCUT2D eigenvalue weighted by Crippen LogP contribution is 2.33. The Morgan fingerprint density at radius 2 is 1.77 bits per heavy atom. The molecule has 5 rings (SSSR count). The molecule has 4 aromatic rings. The number of nitrogens with one attached hydrogen (secondary N) is 1. The van der Waals surface area contributed by atoms with E-state index >= 15 is 0 Å². The van der Waals surface area contributed by atoms with Crippen LogP contribution in [0.25, 0.3) is 10.8 Å². The molecule has 6 nitrogen and oxygen atoms in total. The molecule has 0 spiro atoms. The van der Waals surface area contributed by atoms with E-state index in [9.17, 15) is 14.7 Å². The maximum atomic E-state index is 13.2. The largest absolute Gasteiger partial charge is 0.479 e. The van der Waals surface area contributed by atoms with Gasteiger partial charge in [0.2, 0.25) is 0 Å². The van der Waals surface area contributed by atoms with Crippen LogP contribution in [0.4, 0.5) is 0 Å². The van der Waals surface area contributed by atoms with Gasteiger partial charge in [-0.2, -0.15) is 0 Å². The molecule has 2 N–H and O–H groups in total. The molecule has 0 aliphatic heterocycles. The van der Waals surface area contributed by atoms with E-state index in [1.807, 2.05) is 30.3 Å². The fraction of sp³-hybridized carbons (Fsp3) is 0.344. The molecule has 2 aromatic carbocycles. The van der Waals surface area contributed by atoms with Gasteiger partial charge in [0.25, 0.3) is 5.91 Å². The number of aliphatic carboxylic acids is 1. The number of carboxylic acids is 1. The number of thiophene rings is 1. The predicted molar refractivity (Wildman–Crippen MR) is 155 cm³/mol. The Morgan fingerprint density at radius 3 is 2.41 bits per heavy atom. The van der Waals surface area contributed by atoms with Gasteiger partial charge >= 0.3 is 5.97 Å². The number of nitrogens with zero attached hydrogens (tertiary/aromatic N) is 1. The number of aromatic nitrogens is 1. The molecule has 1 atom stereocenters. The van der Waals surface area contributed by atoms with E-state index in [-0.39, 0.29) is 11.1 Å². The molecule has 1 aliphatic rings. The maximum Gasteiger partial charge on any atom is 0.331 e. The van der Waals surface area contributed by atoms with Gasteiger partial charge in [-0.1, -0.05) is 70.7 Å². The number of fused-ring (bicyclic) bond motifs is 1. The SMILES string of the molecule is CC(C)(C)c1ccc(Oc2ccc3cc(C(=O)NC(C(=O)O)c4cccs4)nc(CC4CCCC4)c3c2)cc1. The number of pyridine rings is 1. The van der Waals surface area contributed by atoms with Gasteiger partial charge < -0.3 is 15.2 Å². The van der Waals surface area contributed by atoms with Crippen LogP contribution in [-0.4, -0.2) is 22.0 Å². The third-order valence-electron chi connectivity index (χ3n) is 7.38. The molecule has 1 saturated carbocycles. The van der Waals surface area contributed by atoms with Crippen molar-refractivity contribution >= 4 is 34.0 Å². The quantitative estimate of drug-likeness (QED) is 0.238. The zero-order valence-electron chi connectivity index (χ0n) is 22.6. The number of hydrogen-bond acceptors (Lipinski definition) is 5. The van der Waals surface area contributed by atoms with Gasteiger partial charge in [-0.3, -0.25) is 4.79 Å². The van der Waals surface area contributed by atoms with Gasteiger partial charge in [0.1, 0.15) is 17.2 Å². The molecule has 1 fully saturated rings. The highest BCUT2D eigenvalue weighted by atomic mass is 32.1. The van der Waals surface area contributed by atoms with Crippen molar-refractivity contribution in [2.24, 2.45) is 5.92 Å². The molecule has 1 amide bonds. The minimum Gasteiger partial charge on any atom is -0.479 e. The molecule has 202 valence electrons. The molecule has 1 unspecified atom stereocenters. The number of carbonyl (C=O) groups excluding carboxylic acids is 1. The Kier molecular flexibility index (Phi) is 7.71.